The highest BCUT2D eigenvalue weighted by Gasteiger charge is 2.31. The number of benzene rings is 1. The van der Waals surface area contributed by atoms with Crippen LogP contribution >= 0.6 is 12.2 Å². The van der Waals surface area contributed by atoms with E-state index >= 15 is 0 Å². The van der Waals surface area contributed by atoms with E-state index in [1.165, 1.54) is 10.6 Å². The highest BCUT2D eigenvalue weighted by Crippen LogP contribution is 2.41. The van der Waals surface area contributed by atoms with Crippen LogP contribution in [0.25, 0.3) is 10.9 Å². The van der Waals surface area contributed by atoms with E-state index in [2.05, 4.69) is 27.2 Å². The van der Waals surface area contributed by atoms with E-state index in [1.54, 1.807) is 14.2 Å². The summed E-state index contributed by atoms with van der Waals surface area (Å²) in [5, 5.41) is 18.0. The Morgan fingerprint density at radius 2 is 1.87 bits per heavy atom. The van der Waals surface area contributed by atoms with Gasteiger partial charge in [0.25, 0.3) is 0 Å². The summed E-state index contributed by atoms with van der Waals surface area (Å²) in [7, 11) is 3.13. The Morgan fingerprint density at radius 3 is 2.40 bits per heavy atom. The van der Waals surface area contributed by atoms with Gasteiger partial charge in [0, 0.05) is 32.7 Å². The van der Waals surface area contributed by atoms with Crippen molar-refractivity contribution in [2.24, 2.45) is 16.0 Å². The predicted octanol–water partition coefficient (Wildman–Crippen LogP) is 3.13. The summed E-state index contributed by atoms with van der Waals surface area (Å²) in [4.78, 5) is 1.93. The fourth-order valence-corrected chi connectivity index (χ4v) is 2.78. The van der Waals surface area contributed by atoms with Gasteiger partial charge in [0.15, 0.2) is 5.69 Å². The van der Waals surface area contributed by atoms with Crippen molar-refractivity contribution in [2.45, 2.75) is 13.0 Å². The Morgan fingerprint density at radius 1 is 1.23 bits per heavy atom. The van der Waals surface area contributed by atoms with E-state index in [4.69, 9.17) is 15.2 Å². The van der Waals surface area contributed by atoms with Crippen LogP contribution in [0.5, 0.6) is 11.6 Å². The molecule has 0 atom stereocenters. The van der Waals surface area contributed by atoms with Crippen LogP contribution in [0.1, 0.15) is 0 Å². The van der Waals surface area contributed by atoms with Gasteiger partial charge in [-0.25, -0.2) is 0 Å². The number of halogens is 3. The van der Waals surface area contributed by atoms with Gasteiger partial charge in [-0.05, 0) is 30.4 Å². The molecule has 2 aromatic rings. The summed E-state index contributed by atoms with van der Waals surface area (Å²) in [5.74, 6) is -0.775. The number of rotatable bonds is 10. The third kappa shape index (κ3) is 6.52. The molecule has 0 unspecified atom stereocenters. The maximum absolute atomic E-state index is 12.6. The lowest BCUT2D eigenvalue weighted by molar-refractivity contribution is -0.274. The summed E-state index contributed by atoms with van der Waals surface area (Å²) in [6, 6.07) is 3.65. The molecule has 0 radical (unpaired) electrons. The molecule has 9 nitrogen and oxygen atoms in total. The molecule has 0 amide bonds. The molecular formula is C17H22F3N5O4S. The van der Waals surface area contributed by atoms with E-state index < -0.39 is 12.1 Å². The van der Waals surface area contributed by atoms with Gasteiger partial charge in [-0.15, -0.1) is 23.4 Å². The third-order valence-corrected chi connectivity index (χ3v) is 4.11. The Kier molecular flexibility index (Phi) is 8.34. The highest BCUT2D eigenvalue weighted by molar-refractivity contribution is 7.80. The average molecular weight is 449 g/mol. The summed E-state index contributed by atoms with van der Waals surface area (Å²) in [6.07, 6.45) is -4.87. The molecule has 0 bridgehead atoms. The number of hydrogen-bond donors (Lipinski definition) is 2. The summed E-state index contributed by atoms with van der Waals surface area (Å²) in [6.45, 7) is 2.11. The van der Waals surface area contributed by atoms with E-state index in [-0.39, 0.29) is 28.7 Å². The Bertz CT molecular complexity index is 896. The minimum Gasteiger partial charge on any atom is -0.493 e. The first kappa shape index (κ1) is 23.8. The first-order valence-corrected chi connectivity index (χ1v) is 9.09. The molecule has 0 aliphatic carbocycles. The number of nitrogens with zero attached hydrogens (tertiary/aromatic N) is 4. The lowest BCUT2D eigenvalue weighted by atomic mass is 10.2. The van der Waals surface area contributed by atoms with Crippen molar-refractivity contribution in [3.63, 3.8) is 0 Å². The van der Waals surface area contributed by atoms with Crippen LogP contribution in [0.4, 0.5) is 18.9 Å². The maximum atomic E-state index is 12.6. The van der Waals surface area contributed by atoms with Crippen molar-refractivity contribution in [2.75, 3.05) is 40.5 Å². The maximum Gasteiger partial charge on any atom is 0.573 e. The van der Waals surface area contributed by atoms with Gasteiger partial charge in [0.1, 0.15) is 5.75 Å². The number of azo groups is 1. The molecule has 1 aromatic carbocycles. The number of alkyl halides is 3. The Balaban J connectivity index is 2.51. The zero-order valence-corrected chi connectivity index (χ0v) is 17.2. The molecule has 0 saturated carbocycles. The Labute approximate surface area is 175 Å². The number of methoxy groups -OCH3 is 2. The summed E-state index contributed by atoms with van der Waals surface area (Å²) < 4.78 is 53.5. The number of hydrogen-bond acceptors (Lipinski definition) is 7. The second-order valence-corrected chi connectivity index (χ2v) is 6.53. The minimum atomic E-state index is -4.87. The van der Waals surface area contributed by atoms with E-state index in [0.717, 1.165) is 12.1 Å². The summed E-state index contributed by atoms with van der Waals surface area (Å²) >= 11 is 4.65. The van der Waals surface area contributed by atoms with Crippen LogP contribution in [-0.2, 0) is 16.1 Å². The molecule has 13 heteroatoms. The van der Waals surface area contributed by atoms with Crippen LogP contribution in [0, 0.1) is 0 Å². The van der Waals surface area contributed by atoms with Gasteiger partial charge in [-0.3, -0.25) is 9.47 Å². The molecule has 0 aliphatic rings. The van der Waals surface area contributed by atoms with E-state index in [0.29, 0.717) is 31.8 Å². The fourth-order valence-electron chi connectivity index (χ4n) is 2.73. The van der Waals surface area contributed by atoms with Crippen LogP contribution in [0.2, 0.25) is 0 Å². The zero-order valence-electron chi connectivity index (χ0n) is 16.3. The number of thiocarbonyl (C=S) groups is 1. The smallest absolute Gasteiger partial charge is 0.493 e. The van der Waals surface area contributed by atoms with Crippen LogP contribution < -0.4 is 10.5 Å². The third-order valence-electron chi connectivity index (χ3n) is 4.03. The van der Waals surface area contributed by atoms with Crippen molar-refractivity contribution in [3.05, 3.63) is 18.2 Å². The fraction of sp³-hybridized carbons (Fsp3) is 0.471. The van der Waals surface area contributed by atoms with Crippen molar-refractivity contribution >= 4 is 33.9 Å². The van der Waals surface area contributed by atoms with Crippen LogP contribution in [-0.4, -0.2) is 66.6 Å². The standard InChI is InChI=1S/C17H22F3N5O4S/c1-27-7-5-24(6-8-28-2)10-25-13-4-3-11(29-17(18,19)20)9-12(13)14(15(25)26)22-23-16(21)30/h3-4,9,26H,5-8,10H2,1-2H3,(H2,21,30). The highest BCUT2D eigenvalue weighted by atomic mass is 32.1. The van der Waals surface area contributed by atoms with Crippen molar-refractivity contribution < 1.29 is 32.5 Å². The van der Waals surface area contributed by atoms with Gasteiger partial charge < -0.3 is 25.1 Å². The molecule has 0 aliphatic heterocycles. The number of fused-ring (bicyclic) bond motifs is 1. The zero-order chi connectivity index (χ0) is 22.3. The van der Waals surface area contributed by atoms with Gasteiger partial charge in [-0.2, -0.15) is 0 Å². The van der Waals surface area contributed by atoms with Crippen molar-refractivity contribution in [1.29, 1.82) is 0 Å². The molecule has 0 saturated heterocycles. The first-order valence-electron chi connectivity index (χ1n) is 8.68. The predicted molar refractivity (Wildman–Crippen MR) is 107 cm³/mol. The van der Waals surface area contributed by atoms with Gasteiger partial charge in [0.2, 0.25) is 11.0 Å². The molecule has 0 spiro atoms. The molecular weight excluding hydrogens is 427 g/mol. The number of aromatic hydroxyl groups is 1. The number of ether oxygens (including phenoxy) is 3. The Hall–Kier alpha value is -2.48. The molecule has 2 rings (SSSR count). The topological polar surface area (TPSA) is 107 Å². The monoisotopic (exact) mass is 449 g/mol. The quantitative estimate of drug-likeness (QED) is 0.424. The van der Waals surface area contributed by atoms with Gasteiger partial charge in [-0.1, -0.05) is 0 Å². The molecule has 3 N–H and O–H groups in total. The molecule has 166 valence electrons. The lowest BCUT2D eigenvalue weighted by Crippen LogP contribution is -2.32. The average Bonchev–Trinajstić information content (AvgIpc) is 2.91. The van der Waals surface area contributed by atoms with Gasteiger partial charge >= 0.3 is 6.36 Å². The minimum absolute atomic E-state index is 0.0798. The van der Waals surface area contributed by atoms with Gasteiger partial charge in [0.05, 0.1) is 25.4 Å². The van der Waals surface area contributed by atoms with E-state index in [1.807, 2.05) is 4.90 Å². The second kappa shape index (κ2) is 10.5. The SMILES string of the molecule is COCCN(CCOC)Cn1c(O)c(N=NC(N)=S)c2cc(OC(F)(F)F)ccc21. The molecule has 0 fully saturated rings. The first-order chi connectivity index (χ1) is 14.2. The van der Waals surface area contributed by atoms with E-state index in [9.17, 15) is 18.3 Å². The lowest BCUT2D eigenvalue weighted by Gasteiger charge is -2.23. The summed E-state index contributed by atoms with van der Waals surface area (Å²) in [5.41, 5.74) is 5.65. The molecule has 1 aromatic heterocycles. The normalized spacial score (nSPS) is 12.3. The van der Waals surface area contributed by atoms with Crippen LogP contribution in [0.3, 0.4) is 0 Å². The number of aromatic nitrogens is 1. The second-order valence-electron chi connectivity index (χ2n) is 6.11. The largest absolute Gasteiger partial charge is 0.573 e. The molecule has 30 heavy (non-hydrogen) atoms. The number of nitrogens with two attached hydrogens (primary N) is 1. The van der Waals surface area contributed by atoms with Crippen molar-refractivity contribution in [3.8, 4) is 11.6 Å². The van der Waals surface area contributed by atoms with Crippen LogP contribution in [0.15, 0.2) is 28.4 Å². The van der Waals surface area contributed by atoms with Crippen molar-refractivity contribution in [1.82, 2.24) is 9.47 Å². The molecule has 1 heterocycles.